The van der Waals surface area contributed by atoms with Gasteiger partial charge in [-0.05, 0) is 25.1 Å². The van der Waals surface area contributed by atoms with E-state index in [1.54, 1.807) is 17.9 Å². The van der Waals surface area contributed by atoms with Gasteiger partial charge in [-0.3, -0.25) is 14.9 Å². The van der Waals surface area contributed by atoms with Crippen molar-refractivity contribution < 1.29 is 14.5 Å². The second kappa shape index (κ2) is 6.75. The number of aromatic nitrogens is 1. The molecule has 2 aromatic carbocycles. The number of H-pyrrole nitrogens is 1. The first-order valence-electron chi connectivity index (χ1n) is 8.77. The fourth-order valence-corrected chi connectivity index (χ4v) is 3.54. The van der Waals surface area contributed by atoms with Crippen LogP contribution >= 0.6 is 0 Å². The Balaban J connectivity index is 1.44. The van der Waals surface area contributed by atoms with Gasteiger partial charge < -0.3 is 14.6 Å². The third kappa shape index (κ3) is 3.23. The number of para-hydroxylation sites is 1. The van der Waals surface area contributed by atoms with Crippen LogP contribution in [0.15, 0.2) is 42.5 Å². The van der Waals surface area contributed by atoms with E-state index in [1.807, 2.05) is 18.2 Å². The van der Waals surface area contributed by atoms with Crippen LogP contribution in [0.25, 0.3) is 10.9 Å². The lowest BCUT2D eigenvalue weighted by Gasteiger charge is -2.27. The number of nitrogens with zero attached hydrogens (tertiary/aromatic N) is 2. The number of aromatic amines is 1. The number of hydrogen-bond acceptors (Lipinski definition) is 4. The lowest BCUT2D eigenvalue weighted by atomic mass is 10.0. The van der Waals surface area contributed by atoms with Crippen LogP contribution in [0.1, 0.15) is 16.8 Å². The molecule has 3 aromatic rings. The Morgan fingerprint density at radius 1 is 1.30 bits per heavy atom. The monoisotopic (exact) mass is 365 g/mol. The van der Waals surface area contributed by atoms with Gasteiger partial charge in [0, 0.05) is 53.3 Å². The maximum Gasteiger partial charge on any atom is 0.272 e. The largest absolute Gasteiger partial charge is 0.484 e. The molecule has 0 atom stereocenters. The van der Waals surface area contributed by atoms with E-state index in [-0.39, 0.29) is 18.2 Å². The Morgan fingerprint density at radius 3 is 2.89 bits per heavy atom. The van der Waals surface area contributed by atoms with Crippen molar-refractivity contribution in [1.29, 1.82) is 0 Å². The van der Waals surface area contributed by atoms with E-state index in [0.29, 0.717) is 24.4 Å². The molecular weight excluding hydrogens is 346 g/mol. The molecular formula is C20H19N3O4. The quantitative estimate of drug-likeness (QED) is 0.567. The number of nitro benzene ring substituents is 1. The average molecular weight is 365 g/mol. The van der Waals surface area contributed by atoms with Crippen LogP contribution in [0.4, 0.5) is 5.69 Å². The lowest BCUT2D eigenvalue weighted by Crippen LogP contribution is -2.38. The predicted molar refractivity (Wildman–Crippen MR) is 101 cm³/mol. The number of carbonyl (C=O) groups excluding carboxylic acids is 1. The molecule has 7 nitrogen and oxygen atoms in total. The van der Waals surface area contributed by atoms with Crippen LogP contribution in [-0.4, -0.2) is 33.9 Å². The number of aryl methyl sites for hydroxylation is 1. The normalized spacial score (nSPS) is 13.4. The summed E-state index contributed by atoms with van der Waals surface area (Å²) in [6.45, 7) is 2.76. The summed E-state index contributed by atoms with van der Waals surface area (Å²) in [5.41, 5.74) is 3.99. The number of benzene rings is 2. The number of rotatable bonds is 4. The van der Waals surface area contributed by atoms with Gasteiger partial charge in [-0.2, -0.15) is 0 Å². The average Bonchev–Trinajstić information content (AvgIpc) is 3.03. The smallest absolute Gasteiger partial charge is 0.272 e. The molecule has 2 heterocycles. The minimum absolute atomic E-state index is 0.0385. The molecule has 27 heavy (non-hydrogen) atoms. The SMILES string of the molecule is Cc1cc(OCC(=O)N2CCc3[nH]c4ccccc4c3C2)ccc1[N+](=O)[O-]. The third-order valence-corrected chi connectivity index (χ3v) is 4.96. The highest BCUT2D eigenvalue weighted by Gasteiger charge is 2.24. The molecule has 0 radical (unpaired) electrons. The van der Waals surface area contributed by atoms with Gasteiger partial charge in [0.15, 0.2) is 6.61 Å². The number of fused-ring (bicyclic) bond motifs is 3. The van der Waals surface area contributed by atoms with Crippen LogP contribution in [0.2, 0.25) is 0 Å². The predicted octanol–water partition coefficient (Wildman–Crippen LogP) is 3.35. The molecule has 4 rings (SSSR count). The molecule has 1 aromatic heterocycles. The zero-order valence-electron chi connectivity index (χ0n) is 14.9. The van der Waals surface area contributed by atoms with Crippen molar-refractivity contribution in [2.45, 2.75) is 19.9 Å². The van der Waals surface area contributed by atoms with E-state index in [0.717, 1.165) is 22.9 Å². The molecule has 1 aliphatic rings. The molecule has 138 valence electrons. The number of amides is 1. The molecule has 1 N–H and O–H groups in total. The summed E-state index contributed by atoms with van der Waals surface area (Å²) in [4.78, 5) is 28.2. The van der Waals surface area contributed by atoms with Gasteiger partial charge in [-0.1, -0.05) is 18.2 Å². The van der Waals surface area contributed by atoms with Crippen molar-refractivity contribution in [3.05, 3.63) is 69.4 Å². The van der Waals surface area contributed by atoms with E-state index in [2.05, 4.69) is 11.1 Å². The second-order valence-electron chi connectivity index (χ2n) is 6.69. The fraction of sp³-hybridized carbons (Fsp3) is 0.250. The van der Waals surface area contributed by atoms with Crippen LogP contribution in [-0.2, 0) is 17.8 Å². The van der Waals surface area contributed by atoms with E-state index < -0.39 is 4.92 Å². The zero-order valence-corrected chi connectivity index (χ0v) is 14.9. The molecule has 0 spiro atoms. The van der Waals surface area contributed by atoms with Crippen LogP contribution in [0, 0.1) is 17.0 Å². The first-order valence-corrected chi connectivity index (χ1v) is 8.77. The van der Waals surface area contributed by atoms with Crippen molar-refractivity contribution >= 4 is 22.5 Å². The summed E-state index contributed by atoms with van der Waals surface area (Å²) in [5.74, 6) is 0.359. The number of carbonyl (C=O) groups is 1. The maximum atomic E-state index is 12.6. The highest BCUT2D eigenvalue weighted by Crippen LogP contribution is 2.28. The molecule has 1 amide bonds. The Morgan fingerprint density at radius 2 is 2.11 bits per heavy atom. The zero-order chi connectivity index (χ0) is 19.0. The van der Waals surface area contributed by atoms with E-state index in [4.69, 9.17) is 4.74 Å². The fourth-order valence-electron chi connectivity index (χ4n) is 3.54. The van der Waals surface area contributed by atoms with Gasteiger partial charge in [0.1, 0.15) is 5.75 Å². The van der Waals surface area contributed by atoms with Crippen molar-refractivity contribution in [2.75, 3.05) is 13.2 Å². The summed E-state index contributed by atoms with van der Waals surface area (Å²) in [6.07, 6.45) is 0.784. The Bertz CT molecular complexity index is 1040. The molecule has 0 bridgehead atoms. The van der Waals surface area contributed by atoms with E-state index in [1.165, 1.54) is 17.8 Å². The molecule has 1 aliphatic heterocycles. The Hall–Kier alpha value is -3.35. The first-order chi connectivity index (χ1) is 13.0. The highest BCUT2D eigenvalue weighted by atomic mass is 16.6. The van der Waals surface area contributed by atoms with Gasteiger partial charge in [0.2, 0.25) is 0 Å². The maximum absolute atomic E-state index is 12.6. The summed E-state index contributed by atoms with van der Waals surface area (Å²) in [6, 6.07) is 12.6. The summed E-state index contributed by atoms with van der Waals surface area (Å²) in [7, 11) is 0. The van der Waals surface area contributed by atoms with Crippen LogP contribution < -0.4 is 4.74 Å². The first kappa shape index (κ1) is 17.1. The molecule has 0 saturated heterocycles. The third-order valence-electron chi connectivity index (χ3n) is 4.96. The molecule has 0 fully saturated rings. The lowest BCUT2D eigenvalue weighted by molar-refractivity contribution is -0.385. The topological polar surface area (TPSA) is 88.5 Å². The number of hydrogen-bond donors (Lipinski definition) is 1. The van der Waals surface area contributed by atoms with Crippen molar-refractivity contribution in [1.82, 2.24) is 9.88 Å². The van der Waals surface area contributed by atoms with Gasteiger partial charge >= 0.3 is 0 Å². The molecule has 0 unspecified atom stereocenters. The van der Waals surface area contributed by atoms with Gasteiger partial charge in [-0.15, -0.1) is 0 Å². The Labute approximate surface area is 155 Å². The van der Waals surface area contributed by atoms with Crippen molar-refractivity contribution in [3.8, 4) is 5.75 Å². The minimum atomic E-state index is -0.434. The van der Waals surface area contributed by atoms with Crippen LogP contribution in [0.3, 0.4) is 0 Å². The highest BCUT2D eigenvalue weighted by molar-refractivity contribution is 5.86. The van der Waals surface area contributed by atoms with Crippen molar-refractivity contribution in [2.24, 2.45) is 0 Å². The summed E-state index contributed by atoms with van der Waals surface area (Å²) >= 11 is 0. The summed E-state index contributed by atoms with van der Waals surface area (Å²) in [5, 5.41) is 12.0. The van der Waals surface area contributed by atoms with Gasteiger partial charge in [0.05, 0.1) is 4.92 Å². The van der Waals surface area contributed by atoms with Gasteiger partial charge in [0.25, 0.3) is 11.6 Å². The van der Waals surface area contributed by atoms with Gasteiger partial charge in [-0.25, -0.2) is 0 Å². The minimum Gasteiger partial charge on any atom is -0.484 e. The number of nitro groups is 1. The molecule has 0 saturated carbocycles. The standard InChI is InChI=1S/C20H19N3O4/c1-13-10-14(6-7-19(13)23(25)26)27-12-20(24)22-9-8-18-16(11-22)15-4-2-3-5-17(15)21-18/h2-7,10,21H,8-9,11-12H2,1H3. The summed E-state index contributed by atoms with van der Waals surface area (Å²) < 4.78 is 5.57. The van der Waals surface area contributed by atoms with Crippen LogP contribution in [0.5, 0.6) is 5.75 Å². The van der Waals surface area contributed by atoms with E-state index >= 15 is 0 Å². The van der Waals surface area contributed by atoms with Crippen molar-refractivity contribution in [3.63, 3.8) is 0 Å². The van der Waals surface area contributed by atoms with E-state index in [9.17, 15) is 14.9 Å². The Kier molecular flexibility index (Phi) is 4.27. The molecule has 0 aliphatic carbocycles. The second-order valence-corrected chi connectivity index (χ2v) is 6.69. The number of ether oxygens (including phenoxy) is 1. The number of nitrogens with one attached hydrogen (secondary N) is 1. The molecule has 7 heteroatoms.